The van der Waals surface area contributed by atoms with Crippen LogP contribution in [0.3, 0.4) is 0 Å². The van der Waals surface area contributed by atoms with Crippen molar-refractivity contribution in [3.8, 4) is 5.75 Å². The van der Waals surface area contributed by atoms with Crippen molar-refractivity contribution in [1.29, 1.82) is 0 Å². The number of anilines is 2. The Labute approximate surface area is 155 Å². The third kappa shape index (κ3) is 5.60. The van der Waals surface area contributed by atoms with Gasteiger partial charge in [-0.3, -0.25) is 9.59 Å². The van der Waals surface area contributed by atoms with Gasteiger partial charge in [0.2, 0.25) is 5.91 Å². The van der Waals surface area contributed by atoms with Gasteiger partial charge in [0.1, 0.15) is 5.75 Å². The predicted molar refractivity (Wildman–Crippen MR) is 103 cm³/mol. The highest BCUT2D eigenvalue weighted by molar-refractivity contribution is 9.10. The molecular weight excluding hydrogens is 384 g/mol. The standard InChI is InChI=1S/C19H21BrN2O3/c1-3-6-18(23)21-14-7-5-8-15(12-14)22-19(24)16-11-13(20)9-10-17(16)25-4-2/h5,7-12H,3-4,6H2,1-2H3,(H,21,23)(H,22,24). The van der Waals surface area contributed by atoms with Crippen LogP contribution in [0.5, 0.6) is 5.75 Å². The van der Waals surface area contributed by atoms with E-state index in [1.807, 2.05) is 19.9 Å². The first-order valence-electron chi connectivity index (χ1n) is 8.17. The van der Waals surface area contributed by atoms with Crippen LogP contribution in [0.4, 0.5) is 11.4 Å². The monoisotopic (exact) mass is 404 g/mol. The highest BCUT2D eigenvalue weighted by Crippen LogP contribution is 2.25. The van der Waals surface area contributed by atoms with Crippen molar-refractivity contribution >= 4 is 39.1 Å². The second kappa shape index (κ2) is 9.22. The van der Waals surface area contributed by atoms with E-state index in [9.17, 15) is 9.59 Å². The molecule has 6 heteroatoms. The van der Waals surface area contributed by atoms with E-state index in [-0.39, 0.29) is 11.8 Å². The Bertz CT molecular complexity index is 762. The molecule has 0 unspecified atom stereocenters. The van der Waals surface area contributed by atoms with Crippen LogP contribution < -0.4 is 15.4 Å². The molecule has 0 aromatic heterocycles. The molecule has 0 atom stereocenters. The Morgan fingerprint density at radius 2 is 1.76 bits per heavy atom. The summed E-state index contributed by atoms with van der Waals surface area (Å²) in [5.41, 5.74) is 1.69. The molecule has 2 N–H and O–H groups in total. The average molecular weight is 405 g/mol. The fourth-order valence-corrected chi connectivity index (χ4v) is 2.65. The van der Waals surface area contributed by atoms with Gasteiger partial charge in [0.15, 0.2) is 0 Å². The molecule has 0 saturated carbocycles. The summed E-state index contributed by atoms with van der Waals surface area (Å²) in [6.07, 6.45) is 1.25. The molecule has 0 fully saturated rings. The van der Waals surface area contributed by atoms with Crippen LogP contribution in [0.25, 0.3) is 0 Å². The van der Waals surface area contributed by atoms with Crippen molar-refractivity contribution in [3.63, 3.8) is 0 Å². The van der Waals surface area contributed by atoms with E-state index in [1.165, 1.54) is 0 Å². The Morgan fingerprint density at radius 3 is 2.44 bits per heavy atom. The first-order valence-corrected chi connectivity index (χ1v) is 8.96. The summed E-state index contributed by atoms with van der Waals surface area (Å²) in [6, 6.07) is 12.4. The minimum Gasteiger partial charge on any atom is -0.493 e. The zero-order valence-electron chi connectivity index (χ0n) is 14.3. The van der Waals surface area contributed by atoms with Gasteiger partial charge < -0.3 is 15.4 Å². The number of hydrogen-bond donors (Lipinski definition) is 2. The lowest BCUT2D eigenvalue weighted by Gasteiger charge is -2.12. The zero-order chi connectivity index (χ0) is 18.2. The van der Waals surface area contributed by atoms with Gasteiger partial charge in [-0.25, -0.2) is 0 Å². The van der Waals surface area contributed by atoms with Gasteiger partial charge in [0.05, 0.1) is 12.2 Å². The summed E-state index contributed by atoms with van der Waals surface area (Å²) >= 11 is 3.37. The van der Waals surface area contributed by atoms with E-state index in [0.717, 1.165) is 10.9 Å². The van der Waals surface area contributed by atoms with Crippen LogP contribution >= 0.6 is 15.9 Å². The van der Waals surface area contributed by atoms with E-state index in [0.29, 0.717) is 35.7 Å². The number of halogens is 1. The first kappa shape index (κ1) is 19.0. The Hall–Kier alpha value is -2.34. The molecule has 0 radical (unpaired) electrons. The smallest absolute Gasteiger partial charge is 0.259 e. The van der Waals surface area contributed by atoms with Gasteiger partial charge >= 0.3 is 0 Å². The number of carbonyl (C=O) groups is 2. The van der Waals surface area contributed by atoms with Gasteiger partial charge in [-0.2, -0.15) is 0 Å². The summed E-state index contributed by atoms with van der Waals surface area (Å²) in [6.45, 7) is 4.29. The van der Waals surface area contributed by atoms with Crippen LogP contribution in [0.2, 0.25) is 0 Å². The molecule has 0 bridgehead atoms. The van der Waals surface area contributed by atoms with Crippen LogP contribution in [0.1, 0.15) is 37.0 Å². The molecule has 0 heterocycles. The summed E-state index contributed by atoms with van der Waals surface area (Å²) in [5.74, 6) is 0.203. The number of amides is 2. The molecule has 0 spiro atoms. The maximum absolute atomic E-state index is 12.6. The van der Waals surface area contributed by atoms with Gasteiger partial charge in [0, 0.05) is 22.3 Å². The fraction of sp³-hybridized carbons (Fsp3) is 0.263. The average Bonchev–Trinajstić information content (AvgIpc) is 2.57. The third-order valence-electron chi connectivity index (χ3n) is 3.37. The van der Waals surface area contributed by atoms with Gasteiger partial charge in [-0.15, -0.1) is 0 Å². The topological polar surface area (TPSA) is 67.4 Å². The zero-order valence-corrected chi connectivity index (χ0v) is 15.9. The minimum atomic E-state index is -0.276. The maximum Gasteiger partial charge on any atom is 0.259 e. The summed E-state index contributed by atoms with van der Waals surface area (Å²) in [7, 11) is 0. The van der Waals surface area contributed by atoms with Crippen LogP contribution in [0.15, 0.2) is 46.9 Å². The number of nitrogens with one attached hydrogen (secondary N) is 2. The van der Waals surface area contributed by atoms with Gasteiger partial charge in [-0.05, 0) is 49.7 Å². The van der Waals surface area contributed by atoms with Crippen LogP contribution in [0, 0.1) is 0 Å². The number of hydrogen-bond acceptors (Lipinski definition) is 3. The van der Waals surface area contributed by atoms with Crippen LogP contribution in [-0.4, -0.2) is 18.4 Å². The molecule has 132 valence electrons. The number of ether oxygens (including phenoxy) is 1. The highest BCUT2D eigenvalue weighted by atomic mass is 79.9. The lowest BCUT2D eigenvalue weighted by Crippen LogP contribution is -2.14. The third-order valence-corrected chi connectivity index (χ3v) is 3.86. The minimum absolute atomic E-state index is 0.0448. The quantitative estimate of drug-likeness (QED) is 0.693. The Morgan fingerprint density at radius 1 is 1.04 bits per heavy atom. The number of carbonyl (C=O) groups excluding carboxylic acids is 2. The molecule has 25 heavy (non-hydrogen) atoms. The lowest BCUT2D eigenvalue weighted by molar-refractivity contribution is -0.116. The molecule has 2 aromatic carbocycles. The van der Waals surface area contributed by atoms with Gasteiger partial charge in [0.25, 0.3) is 5.91 Å². The van der Waals surface area contributed by atoms with E-state index in [2.05, 4.69) is 26.6 Å². The molecule has 2 aromatic rings. The Balaban J connectivity index is 2.15. The van der Waals surface area contributed by atoms with Crippen molar-refractivity contribution < 1.29 is 14.3 Å². The number of benzene rings is 2. The molecule has 0 aliphatic rings. The summed E-state index contributed by atoms with van der Waals surface area (Å²) < 4.78 is 6.31. The first-order chi connectivity index (χ1) is 12.0. The molecule has 5 nitrogen and oxygen atoms in total. The predicted octanol–water partition coefficient (Wildman–Crippen LogP) is 4.84. The lowest BCUT2D eigenvalue weighted by atomic mass is 10.1. The molecule has 0 aliphatic carbocycles. The van der Waals surface area contributed by atoms with Crippen molar-refractivity contribution in [3.05, 3.63) is 52.5 Å². The summed E-state index contributed by atoms with van der Waals surface area (Å²) in [5, 5.41) is 5.65. The SMILES string of the molecule is CCCC(=O)Nc1cccc(NC(=O)c2cc(Br)ccc2OCC)c1. The molecule has 2 amide bonds. The Kier molecular flexibility index (Phi) is 7.01. The van der Waals surface area contributed by atoms with Crippen molar-refractivity contribution in [1.82, 2.24) is 0 Å². The van der Waals surface area contributed by atoms with E-state index in [4.69, 9.17) is 4.74 Å². The molecule has 2 rings (SSSR count). The maximum atomic E-state index is 12.6. The molecular formula is C19H21BrN2O3. The van der Waals surface area contributed by atoms with Gasteiger partial charge in [-0.1, -0.05) is 28.9 Å². The van der Waals surface area contributed by atoms with E-state index in [1.54, 1.807) is 36.4 Å². The van der Waals surface area contributed by atoms with Crippen molar-refractivity contribution in [2.75, 3.05) is 17.2 Å². The fourth-order valence-electron chi connectivity index (χ4n) is 2.28. The van der Waals surface area contributed by atoms with Crippen molar-refractivity contribution in [2.45, 2.75) is 26.7 Å². The van der Waals surface area contributed by atoms with Crippen molar-refractivity contribution in [2.24, 2.45) is 0 Å². The van der Waals surface area contributed by atoms with Crippen LogP contribution in [-0.2, 0) is 4.79 Å². The second-order valence-corrected chi connectivity index (χ2v) is 6.32. The molecule has 0 aliphatic heterocycles. The number of rotatable bonds is 7. The molecule has 0 saturated heterocycles. The highest BCUT2D eigenvalue weighted by Gasteiger charge is 2.14. The second-order valence-electron chi connectivity index (χ2n) is 5.41. The van der Waals surface area contributed by atoms with E-state index < -0.39 is 0 Å². The normalized spacial score (nSPS) is 10.2. The van der Waals surface area contributed by atoms with E-state index >= 15 is 0 Å². The summed E-state index contributed by atoms with van der Waals surface area (Å²) in [4.78, 5) is 24.3. The largest absolute Gasteiger partial charge is 0.493 e.